The first-order valence-corrected chi connectivity index (χ1v) is 5.32. The lowest BCUT2D eigenvalue weighted by Crippen LogP contribution is -1.90. The van der Waals surface area contributed by atoms with Crippen LogP contribution in [0, 0.1) is 12.3 Å². The van der Waals surface area contributed by atoms with Gasteiger partial charge in [0.05, 0.1) is 0 Å². The van der Waals surface area contributed by atoms with Gasteiger partial charge < -0.3 is 0 Å². The first-order chi connectivity index (χ1) is 6.18. The fraction of sp³-hybridized carbons (Fsp3) is 0.250. The maximum Gasteiger partial charge on any atom is 0.0250 e. The normalized spacial score (nSPS) is 14.6. The Kier molecular flexibility index (Phi) is 2.29. The molecule has 0 spiro atoms. The van der Waals surface area contributed by atoms with Gasteiger partial charge in [-0.05, 0) is 23.1 Å². The Morgan fingerprint density at radius 2 is 2.00 bits per heavy atom. The van der Waals surface area contributed by atoms with Crippen LogP contribution in [0.5, 0.6) is 0 Å². The van der Waals surface area contributed by atoms with Crippen molar-refractivity contribution in [3.05, 3.63) is 45.8 Å². The molecule has 1 radical (unpaired) electrons. The van der Waals surface area contributed by atoms with Crippen LogP contribution in [0.3, 0.4) is 0 Å². The molecule has 0 aromatic heterocycles. The molecule has 0 heterocycles. The molecule has 0 nitrogen and oxygen atoms in total. The summed E-state index contributed by atoms with van der Waals surface area (Å²) in [6.45, 7) is 4.45. The molecule has 0 amide bonds. The molecular formula is C12H12Br. The van der Waals surface area contributed by atoms with E-state index in [1.54, 1.807) is 0 Å². The SMILES string of the molecule is CC(C)C1=Cc2c(Br)cccc2[CH]1. The van der Waals surface area contributed by atoms with Gasteiger partial charge in [-0.2, -0.15) is 0 Å². The van der Waals surface area contributed by atoms with Crippen LogP contribution in [0.4, 0.5) is 0 Å². The molecule has 13 heavy (non-hydrogen) atoms. The fourth-order valence-electron chi connectivity index (χ4n) is 1.55. The molecule has 1 aromatic rings. The van der Waals surface area contributed by atoms with Gasteiger partial charge in [0.2, 0.25) is 0 Å². The highest BCUT2D eigenvalue weighted by Gasteiger charge is 2.16. The number of fused-ring (bicyclic) bond motifs is 1. The van der Waals surface area contributed by atoms with Crippen LogP contribution in [-0.4, -0.2) is 0 Å². The van der Waals surface area contributed by atoms with Crippen molar-refractivity contribution >= 4 is 22.0 Å². The zero-order chi connectivity index (χ0) is 9.42. The largest absolute Gasteiger partial charge is 0.0608 e. The lowest BCUT2D eigenvalue weighted by Gasteiger charge is -2.03. The van der Waals surface area contributed by atoms with Gasteiger partial charge in [0, 0.05) is 10.9 Å². The van der Waals surface area contributed by atoms with Crippen molar-refractivity contribution in [1.29, 1.82) is 0 Å². The molecule has 67 valence electrons. The minimum atomic E-state index is 0.610. The van der Waals surface area contributed by atoms with Crippen molar-refractivity contribution in [2.45, 2.75) is 13.8 Å². The standard InChI is InChI=1S/C12H12Br/c1-8(2)10-6-9-4-3-5-12(13)11(9)7-10/h3-8H,1-2H3. The summed E-state index contributed by atoms with van der Waals surface area (Å²) in [5, 5.41) is 0. The molecule has 0 unspecified atom stereocenters. The molecule has 1 aromatic carbocycles. The van der Waals surface area contributed by atoms with E-state index in [2.05, 4.69) is 60.5 Å². The molecule has 0 aliphatic heterocycles. The molecule has 1 heteroatoms. The molecule has 0 saturated carbocycles. The van der Waals surface area contributed by atoms with E-state index in [9.17, 15) is 0 Å². The van der Waals surface area contributed by atoms with Crippen LogP contribution in [0.1, 0.15) is 25.0 Å². The predicted molar refractivity (Wildman–Crippen MR) is 60.4 cm³/mol. The van der Waals surface area contributed by atoms with Gasteiger partial charge in [-0.15, -0.1) is 0 Å². The number of benzene rings is 1. The first kappa shape index (κ1) is 9.01. The number of allylic oxidation sites excluding steroid dienone is 1. The Labute approximate surface area is 87.8 Å². The highest BCUT2D eigenvalue weighted by molar-refractivity contribution is 9.10. The highest BCUT2D eigenvalue weighted by Crippen LogP contribution is 2.34. The van der Waals surface area contributed by atoms with E-state index >= 15 is 0 Å². The summed E-state index contributed by atoms with van der Waals surface area (Å²) < 4.78 is 1.19. The van der Waals surface area contributed by atoms with E-state index in [4.69, 9.17) is 0 Å². The lowest BCUT2D eigenvalue weighted by atomic mass is 10.0. The van der Waals surface area contributed by atoms with Crippen molar-refractivity contribution in [2.24, 2.45) is 5.92 Å². The third kappa shape index (κ3) is 1.58. The quantitative estimate of drug-likeness (QED) is 0.689. The van der Waals surface area contributed by atoms with E-state index in [1.165, 1.54) is 21.2 Å². The Balaban J connectivity index is 2.43. The van der Waals surface area contributed by atoms with Crippen molar-refractivity contribution in [3.8, 4) is 0 Å². The van der Waals surface area contributed by atoms with E-state index in [1.807, 2.05) is 0 Å². The van der Waals surface area contributed by atoms with Gasteiger partial charge in [-0.3, -0.25) is 0 Å². The summed E-state index contributed by atoms with van der Waals surface area (Å²) in [6, 6.07) is 6.33. The maximum absolute atomic E-state index is 3.56. The van der Waals surface area contributed by atoms with E-state index < -0.39 is 0 Å². The Hall–Kier alpha value is -0.560. The second kappa shape index (κ2) is 3.30. The molecule has 2 rings (SSSR count). The third-order valence-electron chi connectivity index (χ3n) is 2.39. The molecule has 0 fully saturated rings. The minimum absolute atomic E-state index is 0.610. The van der Waals surface area contributed by atoms with Crippen LogP contribution >= 0.6 is 15.9 Å². The molecule has 1 aliphatic carbocycles. The lowest BCUT2D eigenvalue weighted by molar-refractivity contribution is 0.789. The van der Waals surface area contributed by atoms with Crippen molar-refractivity contribution in [2.75, 3.05) is 0 Å². The topological polar surface area (TPSA) is 0 Å². The first-order valence-electron chi connectivity index (χ1n) is 4.53. The maximum atomic E-state index is 3.56. The smallest absolute Gasteiger partial charge is 0.0250 e. The predicted octanol–water partition coefficient (Wildman–Crippen LogP) is 4.05. The van der Waals surface area contributed by atoms with E-state index in [0.717, 1.165) is 0 Å². The monoisotopic (exact) mass is 235 g/mol. The Bertz CT molecular complexity index is 361. The van der Waals surface area contributed by atoms with Crippen LogP contribution < -0.4 is 0 Å². The highest BCUT2D eigenvalue weighted by atomic mass is 79.9. The minimum Gasteiger partial charge on any atom is -0.0608 e. The van der Waals surface area contributed by atoms with E-state index in [-0.39, 0.29) is 0 Å². The van der Waals surface area contributed by atoms with Gasteiger partial charge in [0.1, 0.15) is 0 Å². The average molecular weight is 236 g/mol. The van der Waals surface area contributed by atoms with Gasteiger partial charge in [-0.25, -0.2) is 0 Å². The summed E-state index contributed by atoms with van der Waals surface area (Å²) >= 11 is 3.56. The summed E-state index contributed by atoms with van der Waals surface area (Å²) in [4.78, 5) is 0. The Morgan fingerprint density at radius 3 is 2.62 bits per heavy atom. The summed E-state index contributed by atoms with van der Waals surface area (Å²) in [6.07, 6.45) is 4.54. The van der Waals surface area contributed by atoms with Gasteiger partial charge in [0.25, 0.3) is 0 Å². The summed E-state index contributed by atoms with van der Waals surface area (Å²) in [5.41, 5.74) is 4.08. The number of hydrogen-bond acceptors (Lipinski definition) is 0. The molecule has 0 atom stereocenters. The molecule has 1 aliphatic rings. The van der Waals surface area contributed by atoms with Crippen LogP contribution in [0.2, 0.25) is 0 Å². The number of rotatable bonds is 1. The van der Waals surface area contributed by atoms with Crippen molar-refractivity contribution in [1.82, 2.24) is 0 Å². The molecular weight excluding hydrogens is 224 g/mol. The number of hydrogen-bond donors (Lipinski definition) is 0. The second-order valence-electron chi connectivity index (χ2n) is 3.69. The molecule has 0 N–H and O–H groups in total. The van der Waals surface area contributed by atoms with Gasteiger partial charge in [-0.1, -0.05) is 53.6 Å². The molecule has 0 saturated heterocycles. The van der Waals surface area contributed by atoms with E-state index in [0.29, 0.717) is 5.92 Å². The van der Waals surface area contributed by atoms with Gasteiger partial charge >= 0.3 is 0 Å². The average Bonchev–Trinajstić information content (AvgIpc) is 2.49. The molecule has 0 bridgehead atoms. The third-order valence-corrected chi connectivity index (χ3v) is 3.08. The number of halogens is 1. The van der Waals surface area contributed by atoms with Crippen molar-refractivity contribution in [3.63, 3.8) is 0 Å². The van der Waals surface area contributed by atoms with Crippen molar-refractivity contribution < 1.29 is 0 Å². The van der Waals surface area contributed by atoms with Crippen LogP contribution in [-0.2, 0) is 0 Å². The Morgan fingerprint density at radius 1 is 1.23 bits per heavy atom. The summed E-state index contributed by atoms with van der Waals surface area (Å²) in [5.74, 6) is 0.610. The zero-order valence-corrected chi connectivity index (χ0v) is 9.43. The fourth-order valence-corrected chi connectivity index (χ4v) is 2.05. The second-order valence-corrected chi connectivity index (χ2v) is 4.54. The van der Waals surface area contributed by atoms with Crippen LogP contribution in [0.25, 0.3) is 6.08 Å². The van der Waals surface area contributed by atoms with Crippen LogP contribution in [0.15, 0.2) is 28.2 Å². The van der Waals surface area contributed by atoms with Gasteiger partial charge in [0.15, 0.2) is 0 Å². The zero-order valence-electron chi connectivity index (χ0n) is 7.84. The summed E-state index contributed by atoms with van der Waals surface area (Å²) in [7, 11) is 0.